The summed E-state index contributed by atoms with van der Waals surface area (Å²) in [5, 5.41) is 13.9. The lowest BCUT2D eigenvalue weighted by atomic mass is 10.2. The first kappa shape index (κ1) is 11.7. The molecule has 8 nitrogen and oxygen atoms in total. The lowest BCUT2D eigenvalue weighted by molar-refractivity contribution is -0.124. The minimum absolute atomic E-state index is 0.108. The number of urea groups is 1. The summed E-state index contributed by atoms with van der Waals surface area (Å²) in [5.41, 5.74) is 1.02. The molecule has 4 N–H and O–H groups in total. The molecule has 8 heteroatoms. The van der Waals surface area contributed by atoms with Gasteiger partial charge in [0.2, 0.25) is 5.91 Å². The summed E-state index contributed by atoms with van der Waals surface area (Å²) in [4.78, 5) is 33.9. The summed E-state index contributed by atoms with van der Waals surface area (Å²) in [5.74, 6) is 0.117. The third-order valence-electron chi connectivity index (χ3n) is 3.13. The number of aromatic nitrogens is 2. The molecule has 3 rings (SSSR count). The Balaban J connectivity index is 1.55. The molecule has 1 aromatic rings. The minimum Gasteiger partial charge on any atom is -0.325 e. The summed E-state index contributed by atoms with van der Waals surface area (Å²) >= 11 is 0. The van der Waals surface area contributed by atoms with Crippen molar-refractivity contribution in [3.8, 4) is 0 Å². The first-order chi connectivity index (χ1) is 9.11. The molecule has 4 amide bonds. The quantitative estimate of drug-likeness (QED) is 0.564. The van der Waals surface area contributed by atoms with E-state index in [4.69, 9.17) is 0 Å². The Kier molecular flexibility index (Phi) is 2.69. The number of carbonyl (C=O) groups excluding carboxylic acids is 3. The first-order valence-corrected chi connectivity index (χ1v) is 6.08. The highest BCUT2D eigenvalue weighted by Gasteiger charge is 2.31. The van der Waals surface area contributed by atoms with Crippen molar-refractivity contribution in [3.05, 3.63) is 11.8 Å². The fourth-order valence-electron chi connectivity index (χ4n) is 1.99. The van der Waals surface area contributed by atoms with Crippen LogP contribution in [0.1, 0.15) is 30.9 Å². The third-order valence-corrected chi connectivity index (χ3v) is 3.13. The monoisotopic (exact) mass is 263 g/mol. The number of nitrogens with one attached hydrogen (secondary N) is 4. The number of aromatic amines is 1. The van der Waals surface area contributed by atoms with E-state index in [1.807, 2.05) is 0 Å². The molecule has 1 atom stereocenters. The van der Waals surface area contributed by atoms with Crippen LogP contribution < -0.4 is 16.0 Å². The lowest BCUT2D eigenvalue weighted by Gasteiger charge is -2.06. The van der Waals surface area contributed by atoms with Gasteiger partial charge in [-0.2, -0.15) is 5.10 Å². The van der Waals surface area contributed by atoms with Gasteiger partial charge in [-0.3, -0.25) is 20.0 Å². The van der Waals surface area contributed by atoms with Crippen LogP contribution in [-0.2, 0) is 9.59 Å². The second-order valence-corrected chi connectivity index (χ2v) is 4.75. The maximum atomic E-state index is 11.7. The maximum absolute atomic E-state index is 11.7. The largest absolute Gasteiger partial charge is 0.325 e. The summed E-state index contributed by atoms with van der Waals surface area (Å²) in [7, 11) is 0. The number of hydrogen-bond acceptors (Lipinski definition) is 4. The molecule has 2 heterocycles. The topological polar surface area (TPSA) is 116 Å². The van der Waals surface area contributed by atoms with E-state index >= 15 is 0 Å². The molecule has 100 valence electrons. The molecule has 1 saturated heterocycles. The number of anilines is 1. The van der Waals surface area contributed by atoms with Crippen LogP contribution in [0.4, 0.5) is 10.6 Å². The van der Waals surface area contributed by atoms with Crippen LogP contribution in [0.3, 0.4) is 0 Å². The Bertz CT molecular complexity index is 548. The molecule has 1 unspecified atom stereocenters. The van der Waals surface area contributed by atoms with Crippen molar-refractivity contribution in [1.29, 1.82) is 0 Å². The Labute approximate surface area is 108 Å². The number of hydrogen-bond donors (Lipinski definition) is 4. The number of rotatable bonds is 4. The zero-order valence-corrected chi connectivity index (χ0v) is 10.0. The van der Waals surface area contributed by atoms with E-state index in [9.17, 15) is 14.4 Å². The average Bonchev–Trinajstić information content (AvgIpc) is 3.01. The lowest BCUT2D eigenvalue weighted by Crippen LogP contribution is -2.33. The summed E-state index contributed by atoms with van der Waals surface area (Å²) < 4.78 is 0. The molecule has 0 aromatic carbocycles. The molecule has 1 aliphatic carbocycles. The Morgan fingerprint density at radius 1 is 1.42 bits per heavy atom. The van der Waals surface area contributed by atoms with Gasteiger partial charge in [0.1, 0.15) is 6.04 Å². The van der Waals surface area contributed by atoms with Gasteiger partial charge in [0.25, 0.3) is 5.91 Å². The fourth-order valence-corrected chi connectivity index (χ4v) is 1.99. The van der Waals surface area contributed by atoms with Gasteiger partial charge in [-0.25, -0.2) is 4.79 Å². The van der Waals surface area contributed by atoms with Crippen LogP contribution in [0, 0.1) is 0 Å². The van der Waals surface area contributed by atoms with Gasteiger partial charge in [-0.15, -0.1) is 0 Å². The Morgan fingerprint density at radius 3 is 2.84 bits per heavy atom. The zero-order valence-electron chi connectivity index (χ0n) is 10.0. The van der Waals surface area contributed by atoms with Crippen molar-refractivity contribution in [2.75, 3.05) is 5.32 Å². The first-order valence-electron chi connectivity index (χ1n) is 6.08. The molecular weight excluding hydrogens is 250 g/mol. The van der Waals surface area contributed by atoms with E-state index in [1.165, 1.54) is 0 Å². The van der Waals surface area contributed by atoms with Gasteiger partial charge in [0.15, 0.2) is 5.82 Å². The summed E-state index contributed by atoms with van der Waals surface area (Å²) in [6.45, 7) is 0. The Hall–Kier alpha value is -2.38. The van der Waals surface area contributed by atoms with E-state index in [2.05, 4.69) is 26.1 Å². The van der Waals surface area contributed by atoms with E-state index in [-0.39, 0.29) is 12.3 Å². The minimum atomic E-state index is -0.811. The molecule has 1 aliphatic heterocycles. The summed E-state index contributed by atoms with van der Waals surface area (Å²) in [6, 6.07) is 0.413. The predicted molar refractivity (Wildman–Crippen MR) is 64.3 cm³/mol. The number of carbonyl (C=O) groups is 3. The SMILES string of the molecule is O=C(CC1NC(=O)NC1=O)Nc1cc(C2CC2)[nH]n1. The highest BCUT2D eigenvalue weighted by molar-refractivity contribution is 6.06. The predicted octanol–water partition coefficient (Wildman–Crippen LogP) is -0.176. The number of H-pyrrole nitrogens is 1. The van der Waals surface area contributed by atoms with Gasteiger partial charge in [0, 0.05) is 17.7 Å². The maximum Gasteiger partial charge on any atom is 0.322 e. The van der Waals surface area contributed by atoms with Crippen molar-refractivity contribution in [3.63, 3.8) is 0 Å². The van der Waals surface area contributed by atoms with E-state index in [1.54, 1.807) is 6.07 Å². The van der Waals surface area contributed by atoms with Crippen molar-refractivity contribution in [2.24, 2.45) is 0 Å². The molecule has 0 bridgehead atoms. The van der Waals surface area contributed by atoms with E-state index in [0.29, 0.717) is 11.7 Å². The second kappa shape index (κ2) is 4.38. The molecule has 2 fully saturated rings. The second-order valence-electron chi connectivity index (χ2n) is 4.75. The molecule has 19 heavy (non-hydrogen) atoms. The highest BCUT2D eigenvalue weighted by atomic mass is 16.2. The number of nitrogens with zero attached hydrogens (tertiary/aromatic N) is 1. The van der Waals surface area contributed by atoms with Gasteiger partial charge in [0.05, 0.1) is 6.42 Å². The van der Waals surface area contributed by atoms with Crippen molar-refractivity contribution in [1.82, 2.24) is 20.8 Å². The van der Waals surface area contributed by atoms with Crippen LogP contribution in [-0.4, -0.2) is 34.1 Å². The molecule has 2 aliphatic rings. The fraction of sp³-hybridized carbons (Fsp3) is 0.455. The third kappa shape index (κ3) is 2.56. The van der Waals surface area contributed by atoms with Crippen molar-refractivity contribution < 1.29 is 14.4 Å². The smallest absolute Gasteiger partial charge is 0.322 e. The van der Waals surface area contributed by atoms with E-state index < -0.39 is 18.0 Å². The average molecular weight is 263 g/mol. The van der Waals surface area contributed by atoms with Crippen molar-refractivity contribution >= 4 is 23.7 Å². The normalized spacial score (nSPS) is 22.0. The van der Waals surface area contributed by atoms with Crippen LogP contribution in [0.15, 0.2) is 6.07 Å². The zero-order chi connectivity index (χ0) is 13.4. The molecule has 0 radical (unpaired) electrons. The van der Waals surface area contributed by atoms with Crippen LogP contribution in [0.2, 0.25) is 0 Å². The van der Waals surface area contributed by atoms with Gasteiger partial charge in [-0.1, -0.05) is 0 Å². The van der Waals surface area contributed by atoms with Crippen LogP contribution in [0.25, 0.3) is 0 Å². The molecule has 0 spiro atoms. The Morgan fingerprint density at radius 2 is 2.21 bits per heavy atom. The van der Waals surface area contributed by atoms with Crippen LogP contribution in [0.5, 0.6) is 0 Å². The van der Waals surface area contributed by atoms with Gasteiger partial charge >= 0.3 is 6.03 Å². The van der Waals surface area contributed by atoms with Gasteiger partial charge in [-0.05, 0) is 12.8 Å². The summed E-state index contributed by atoms with van der Waals surface area (Å²) in [6.07, 6.45) is 2.18. The number of imide groups is 1. The standard InChI is InChI=1S/C11H13N5O3/c17-9(4-7-10(18)14-11(19)12-7)13-8-3-6(15-16-8)5-1-2-5/h3,5,7H,1-2,4H2,(H2,12,14,18,19)(H2,13,15,16,17). The van der Waals surface area contributed by atoms with E-state index in [0.717, 1.165) is 18.5 Å². The number of amides is 4. The van der Waals surface area contributed by atoms with Crippen molar-refractivity contribution in [2.45, 2.75) is 31.2 Å². The molecular formula is C11H13N5O3. The van der Waals surface area contributed by atoms with Crippen LogP contribution >= 0.6 is 0 Å². The van der Waals surface area contributed by atoms with Gasteiger partial charge < -0.3 is 10.6 Å². The highest BCUT2D eigenvalue weighted by Crippen LogP contribution is 2.39. The molecule has 1 saturated carbocycles. The molecule has 1 aromatic heterocycles.